The fourth-order valence-electron chi connectivity index (χ4n) is 2.89. The van der Waals surface area contributed by atoms with Gasteiger partial charge in [-0.1, -0.05) is 26.7 Å². The molecule has 1 N–H and O–H groups in total. The maximum Gasteiger partial charge on any atom is 0.0510 e. The van der Waals surface area contributed by atoms with Crippen molar-refractivity contribution in [1.29, 1.82) is 0 Å². The summed E-state index contributed by atoms with van der Waals surface area (Å²) in [4.78, 5) is 2.64. The van der Waals surface area contributed by atoms with Crippen molar-refractivity contribution in [2.45, 2.75) is 65.5 Å². The Balaban J connectivity index is 2.46. The molecule has 2 unspecified atom stereocenters. The van der Waals surface area contributed by atoms with E-state index >= 15 is 0 Å². The molecule has 0 aromatic rings. The first-order valence-electron chi connectivity index (χ1n) is 8.24. The van der Waals surface area contributed by atoms with Crippen molar-refractivity contribution in [3.8, 4) is 0 Å². The summed E-state index contributed by atoms with van der Waals surface area (Å²) >= 11 is 0. The summed E-state index contributed by atoms with van der Waals surface area (Å²) in [6.07, 6.45) is 5.20. The number of ether oxygens (including phenoxy) is 1. The van der Waals surface area contributed by atoms with Crippen LogP contribution in [0, 0.1) is 5.92 Å². The van der Waals surface area contributed by atoms with E-state index in [9.17, 15) is 0 Å². The van der Waals surface area contributed by atoms with E-state index in [1.165, 1.54) is 38.8 Å². The summed E-state index contributed by atoms with van der Waals surface area (Å²) in [5.41, 5.74) is 0. The highest BCUT2D eigenvalue weighted by molar-refractivity contribution is 4.83. The van der Waals surface area contributed by atoms with Crippen LogP contribution in [0.4, 0.5) is 0 Å². The predicted octanol–water partition coefficient (Wildman–Crippen LogP) is 2.90. The lowest BCUT2D eigenvalue weighted by Gasteiger charge is -2.33. The van der Waals surface area contributed by atoms with E-state index in [1.807, 2.05) is 0 Å². The van der Waals surface area contributed by atoms with Crippen LogP contribution in [0.1, 0.15) is 53.4 Å². The van der Waals surface area contributed by atoms with Gasteiger partial charge in [0.05, 0.1) is 6.61 Å². The van der Waals surface area contributed by atoms with Gasteiger partial charge in [-0.25, -0.2) is 0 Å². The molecule has 0 aromatic carbocycles. The number of likely N-dealkylation sites (N-methyl/N-ethyl adjacent to an activating group) is 1. The minimum absolute atomic E-state index is 0.594. The molecule has 0 saturated carbocycles. The van der Waals surface area contributed by atoms with Gasteiger partial charge in [-0.05, 0) is 39.8 Å². The largest absolute Gasteiger partial charge is 0.381 e. The molecule has 0 radical (unpaired) electrons. The summed E-state index contributed by atoms with van der Waals surface area (Å²) in [5, 5.41) is 3.68. The SMILES string of the molecule is CCCCCN(CC(NCC)C1CCOC1)C(C)C. The summed E-state index contributed by atoms with van der Waals surface area (Å²) < 4.78 is 5.57. The Morgan fingerprint density at radius 2 is 2.05 bits per heavy atom. The standard InChI is InChI=1S/C16H34N2O/c1-5-7-8-10-18(14(3)4)12-16(17-6-2)15-9-11-19-13-15/h14-17H,5-13H2,1-4H3. The number of rotatable bonds is 10. The molecule has 19 heavy (non-hydrogen) atoms. The normalized spacial score (nSPS) is 21.5. The highest BCUT2D eigenvalue weighted by Crippen LogP contribution is 2.18. The Bertz CT molecular complexity index is 215. The molecule has 1 aliphatic heterocycles. The summed E-state index contributed by atoms with van der Waals surface area (Å²) in [6.45, 7) is 14.5. The summed E-state index contributed by atoms with van der Waals surface area (Å²) in [6, 6.07) is 1.23. The Hall–Kier alpha value is -0.120. The van der Waals surface area contributed by atoms with Gasteiger partial charge in [0.1, 0.15) is 0 Å². The van der Waals surface area contributed by atoms with E-state index in [2.05, 4.69) is 37.9 Å². The smallest absolute Gasteiger partial charge is 0.0510 e. The summed E-state index contributed by atoms with van der Waals surface area (Å²) in [5.74, 6) is 0.701. The number of hydrogen-bond donors (Lipinski definition) is 1. The first-order chi connectivity index (χ1) is 9.19. The third-order valence-electron chi connectivity index (χ3n) is 4.21. The van der Waals surface area contributed by atoms with Gasteiger partial charge in [-0.3, -0.25) is 4.90 Å². The van der Waals surface area contributed by atoms with Crippen molar-refractivity contribution < 1.29 is 4.74 Å². The third kappa shape index (κ3) is 6.24. The molecule has 0 spiro atoms. The van der Waals surface area contributed by atoms with Crippen molar-refractivity contribution >= 4 is 0 Å². The van der Waals surface area contributed by atoms with Crippen LogP contribution in [-0.4, -0.2) is 49.8 Å². The number of hydrogen-bond acceptors (Lipinski definition) is 3. The summed E-state index contributed by atoms with van der Waals surface area (Å²) in [7, 11) is 0. The Kier molecular flexibility index (Phi) is 8.67. The Morgan fingerprint density at radius 1 is 1.26 bits per heavy atom. The molecule has 114 valence electrons. The quantitative estimate of drug-likeness (QED) is 0.618. The van der Waals surface area contributed by atoms with E-state index in [4.69, 9.17) is 4.74 Å². The van der Waals surface area contributed by atoms with Crippen LogP contribution in [0.3, 0.4) is 0 Å². The van der Waals surface area contributed by atoms with E-state index in [0.29, 0.717) is 18.0 Å². The lowest BCUT2D eigenvalue weighted by atomic mass is 9.97. The van der Waals surface area contributed by atoms with Crippen LogP contribution in [0.15, 0.2) is 0 Å². The molecule has 0 aliphatic carbocycles. The molecule has 1 heterocycles. The second kappa shape index (κ2) is 9.73. The fourth-order valence-corrected chi connectivity index (χ4v) is 2.89. The molecule has 3 heteroatoms. The van der Waals surface area contributed by atoms with Gasteiger partial charge in [0.2, 0.25) is 0 Å². The average Bonchev–Trinajstić information content (AvgIpc) is 2.90. The molecular weight excluding hydrogens is 236 g/mol. The predicted molar refractivity (Wildman–Crippen MR) is 82.6 cm³/mol. The molecule has 2 atom stereocenters. The van der Waals surface area contributed by atoms with E-state index in [-0.39, 0.29) is 0 Å². The van der Waals surface area contributed by atoms with Crippen LogP contribution >= 0.6 is 0 Å². The second-order valence-electron chi connectivity index (χ2n) is 6.08. The number of nitrogens with zero attached hydrogens (tertiary/aromatic N) is 1. The minimum atomic E-state index is 0.594. The maximum absolute atomic E-state index is 5.57. The molecule has 3 nitrogen and oxygen atoms in total. The zero-order chi connectivity index (χ0) is 14.1. The third-order valence-corrected chi connectivity index (χ3v) is 4.21. The van der Waals surface area contributed by atoms with Crippen LogP contribution in [0.2, 0.25) is 0 Å². The van der Waals surface area contributed by atoms with Gasteiger partial charge in [0, 0.05) is 31.2 Å². The monoisotopic (exact) mass is 270 g/mol. The van der Waals surface area contributed by atoms with Crippen LogP contribution in [-0.2, 0) is 4.74 Å². The number of nitrogens with one attached hydrogen (secondary N) is 1. The molecular formula is C16H34N2O. The average molecular weight is 270 g/mol. The first kappa shape index (κ1) is 16.9. The van der Waals surface area contributed by atoms with Gasteiger partial charge in [0.15, 0.2) is 0 Å². The second-order valence-corrected chi connectivity index (χ2v) is 6.08. The van der Waals surface area contributed by atoms with E-state index < -0.39 is 0 Å². The Morgan fingerprint density at radius 3 is 2.58 bits per heavy atom. The number of unbranched alkanes of at least 4 members (excludes halogenated alkanes) is 2. The van der Waals surface area contributed by atoms with Gasteiger partial charge in [-0.2, -0.15) is 0 Å². The maximum atomic E-state index is 5.57. The van der Waals surface area contributed by atoms with Gasteiger partial charge in [-0.15, -0.1) is 0 Å². The Labute approximate surface area is 120 Å². The van der Waals surface area contributed by atoms with Crippen molar-refractivity contribution in [2.24, 2.45) is 5.92 Å². The topological polar surface area (TPSA) is 24.5 Å². The molecule has 0 amide bonds. The molecule has 0 bridgehead atoms. The molecule has 0 aromatic heterocycles. The minimum Gasteiger partial charge on any atom is -0.381 e. The molecule has 1 rings (SSSR count). The van der Waals surface area contributed by atoms with E-state index in [0.717, 1.165) is 19.8 Å². The molecule has 1 saturated heterocycles. The molecule has 1 aliphatic rings. The van der Waals surface area contributed by atoms with Crippen molar-refractivity contribution in [3.63, 3.8) is 0 Å². The highest BCUT2D eigenvalue weighted by Gasteiger charge is 2.27. The lowest BCUT2D eigenvalue weighted by molar-refractivity contribution is 0.147. The highest BCUT2D eigenvalue weighted by atomic mass is 16.5. The van der Waals surface area contributed by atoms with Crippen LogP contribution in [0.25, 0.3) is 0 Å². The van der Waals surface area contributed by atoms with Gasteiger partial charge in [0.25, 0.3) is 0 Å². The fraction of sp³-hybridized carbons (Fsp3) is 1.00. The zero-order valence-electron chi connectivity index (χ0n) is 13.5. The van der Waals surface area contributed by atoms with Crippen LogP contribution < -0.4 is 5.32 Å². The van der Waals surface area contributed by atoms with E-state index in [1.54, 1.807) is 0 Å². The van der Waals surface area contributed by atoms with Gasteiger partial charge < -0.3 is 10.1 Å². The van der Waals surface area contributed by atoms with Crippen LogP contribution in [0.5, 0.6) is 0 Å². The van der Waals surface area contributed by atoms with Crippen molar-refractivity contribution in [1.82, 2.24) is 10.2 Å². The van der Waals surface area contributed by atoms with Crippen molar-refractivity contribution in [2.75, 3.05) is 32.8 Å². The first-order valence-corrected chi connectivity index (χ1v) is 8.24. The molecule has 1 fully saturated rings. The van der Waals surface area contributed by atoms with Gasteiger partial charge >= 0.3 is 0 Å². The zero-order valence-corrected chi connectivity index (χ0v) is 13.5. The lowest BCUT2D eigenvalue weighted by Crippen LogP contribution is -2.48. The van der Waals surface area contributed by atoms with Crippen molar-refractivity contribution in [3.05, 3.63) is 0 Å².